The molecular formula is C13H12F3NO3. The molecule has 1 amide bonds. The van der Waals surface area contributed by atoms with Crippen molar-refractivity contribution in [3.05, 3.63) is 29.3 Å². The van der Waals surface area contributed by atoms with Crippen molar-refractivity contribution in [3.8, 4) is 0 Å². The van der Waals surface area contributed by atoms with E-state index in [1.54, 1.807) is 0 Å². The number of carboxylic acids is 1. The number of hydrogen-bond donors (Lipinski definition) is 1. The SMILES string of the molecule is O=C(O)c1ccc(C(F)(F)F)cc1N1CCCCC1=O. The summed E-state index contributed by atoms with van der Waals surface area (Å²) in [5, 5.41) is 9.06. The third-order valence-electron chi connectivity index (χ3n) is 3.17. The van der Waals surface area contributed by atoms with Gasteiger partial charge in [-0.2, -0.15) is 13.2 Å². The maximum Gasteiger partial charge on any atom is 0.416 e. The van der Waals surface area contributed by atoms with Gasteiger partial charge in [0.25, 0.3) is 0 Å². The van der Waals surface area contributed by atoms with Crippen LogP contribution in [-0.4, -0.2) is 23.5 Å². The number of halogens is 3. The number of hydrogen-bond acceptors (Lipinski definition) is 2. The fraction of sp³-hybridized carbons (Fsp3) is 0.385. The van der Waals surface area contributed by atoms with Crippen LogP contribution in [0.15, 0.2) is 18.2 Å². The number of amides is 1. The lowest BCUT2D eigenvalue weighted by Gasteiger charge is -2.28. The second kappa shape index (κ2) is 5.15. The number of nitrogens with zero attached hydrogens (tertiary/aromatic N) is 1. The maximum absolute atomic E-state index is 12.7. The van der Waals surface area contributed by atoms with Gasteiger partial charge >= 0.3 is 12.1 Å². The van der Waals surface area contributed by atoms with Crippen LogP contribution in [0.5, 0.6) is 0 Å². The Morgan fingerprint density at radius 3 is 2.50 bits per heavy atom. The van der Waals surface area contributed by atoms with Crippen molar-refractivity contribution < 1.29 is 27.9 Å². The lowest BCUT2D eigenvalue weighted by Crippen LogP contribution is -2.36. The number of anilines is 1. The standard InChI is InChI=1S/C13H12F3NO3/c14-13(15,16)8-4-5-9(12(19)20)10(7-8)17-6-2-1-3-11(17)18/h4-5,7H,1-3,6H2,(H,19,20). The van der Waals surface area contributed by atoms with E-state index in [1.165, 1.54) is 0 Å². The van der Waals surface area contributed by atoms with E-state index in [4.69, 9.17) is 5.11 Å². The lowest BCUT2D eigenvalue weighted by molar-refractivity contribution is -0.137. The molecule has 0 atom stereocenters. The van der Waals surface area contributed by atoms with Gasteiger partial charge in [0, 0.05) is 13.0 Å². The monoisotopic (exact) mass is 287 g/mol. The Morgan fingerprint density at radius 2 is 1.95 bits per heavy atom. The van der Waals surface area contributed by atoms with Crippen LogP contribution < -0.4 is 4.90 Å². The molecule has 1 fully saturated rings. The highest BCUT2D eigenvalue weighted by atomic mass is 19.4. The first-order chi connectivity index (χ1) is 9.30. The lowest BCUT2D eigenvalue weighted by atomic mass is 10.0. The summed E-state index contributed by atoms with van der Waals surface area (Å²) in [5.41, 5.74) is -1.44. The molecular weight excluding hydrogens is 275 g/mol. The second-order valence-corrected chi connectivity index (χ2v) is 4.54. The van der Waals surface area contributed by atoms with Crippen molar-refractivity contribution in [2.75, 3.05) is 11.4 Å². The van der Waals surface area contributed by atoms with Crippen LogP contribution in [0.1, 0.15) is 35.2 Å². The van der Waals surface area contributed by atoms with Gasteiger partial charge in [0.15, 0.2) is 0 Å². The van der Waals surface area contributed by atoms with Crippen molar-refractivity contribution in [2.45, 2.75) is 25.4 Å². The van der Waals surface area contributed by atoms with Crippen molar-refractivity contribution in [1.29, 1.82) is 0 Å². The van der Waals surface area contributed by atoms with E-state index in [1.807, 2.05) is 0 Å². The van der Waals surface area contributed by atoms with E-state index in [9.17, 15) is 22.8 Å². The highest BCUT2D eigenvalue weighted by molar-refractivity contribution is 6.02. The van der Waals surface area contributed by atoms with E-state index < -0.39 is 17.7 Å². The summed E-state index contributed by atoms with van der Waals surface area (Å²) in [5.74, 6) is -1.70. The molecule has 4 nitrogen and oxygen atoms in total. The number of alkyl halides is 3. The van der Waals surface area contributed by atoms with Gasteiger partial charge in [-0.15, -0.1) is 0 Å². The maximum atomic E-state index is 12.7. The van der Waals surface area contributed by atoms with Gasteiger partial charge in [-0.3, -0.25) is 4.79 Å². The Balaban J connectivity index is 2.52. The molecule has 2 rings (SSSR count). The zero-order valence-corrected chi connectivity index (χ0v) is 10.4. The smallest absolute Gasteiger partial charge is 0.416 e. The molecule has 1 saturated heterocycles. The minimum atomic E-state index is -4.58. The zero-order chi connectivity index (χ0) is 14.9. The largest absolute Gasteiger partial charge is 0.478 e. The van der Waals surface area contributed by atoms with E-state index in [-0.39, 0.29) is 30.1 Å². The van der Waals surface area contributed by atoms with E-state index in [2.05, 4.69) is 0 Å². The minimum absolute atomic E-state index is 0.183. The average Bonchev–Trinajstić information content (AvgIpc) is 2.37. The minimum Gasteiger partial charge on any atom is -0.478 e. The van der Waals surface area contributed by atoms with Gasteiger partial charge in [-0.25, -0.2) is 4.79 Å². The molecule has 7 heteroatoms. The molecule has 1 aromatic carbocycles. The Kier molecular flexibility index (Phi) is 3.69. The van der Waals surface area contributed by atoms with Crippen LogP contribution in [0.2, 0.25) is 0 Å². The van der Waals surface area contributed by atoms with Crippen molar-refractivity contribution in [3.63, 3.8) is 0 Å². The molecule has 0 radical (unpaired) electrons. The predicted octanol–water partition coefficient (Wildman–Crippen LogP) is 2.92. The first-order valence-electron chi connectivity index (χ1n) is 6.05. The highest BCUT2D eigenvalue weighted by Gasteiger charge is 2.33. The molecule has 1 aliphatic rings. The molecule has 0 aliphatic carbocycles. The summed E-state index contributed by atoms with van der Waals surface area (Å²) < 4.78 is 38.1. The molecule has 1 heterocycles. The van der Waals surface area contributed by atoms with Gasteiger partial charge in [0.1, 0.15) is 0 Å². The first kappa shape index (κ1) is 14.4. The number of piperidine rings is 1. The highest BCUT2D eigenvalue weighted by Crippen LogP contribution is 2.34. The van der Waals surface area contributed by atoms with Gasteiger partial charge in [-0.05, 0) is 31.0 Å². The Labute approximate surface area is 112 Å². The second-order valence-electron chi connectivity index (χ2n) is 4.54. The van der Waals surface area contributed by atoms with Gasteiger partial charge in [0.05, 0.1) is 16.8 Å². The number of carbonyl (C=O) groups excluding carboxylic acids is 1. The van der Waals surface area contributed by atoms with Crippen LogP contribution in [-0.2, 0) is 11.0 Å². The Bertz CT molecular complexity index is 554. The van der Waals surface area contributed by atoms with E-state index >= 15 is 0 Å². The normalized spacial score (nSPS) is 16.4. The van der Waals surface area contributed by atoms with Crippen LogP contribution in [0, 0.1) is 0 Å². The molecule has 1 aromatic rings. The van der Waals surface area contributed by atoms with Crippen LogP contribution in [0.25, 0.3) is 0 Å². The topological polar surface area (TPSA) is 57.6 Å². The summed E-state index contributed by atoms with van der Waals surface area (Å²) in [6.45, 7) is 0.237. The third-order valence-corrected chi connectivity index (χ3v) is 3.17. The summed E-state index contributed by atoms with van der Waals surface area (Å²) in [6, 6.07) is 2.33. The molecule has 1 aliphatic heterocycles. The van der Waals surface area contributed by atoms with E-state index in [0.29, 0.717) is 18.9 Å². The van der Waals surface area contributed by atoms with Crippen molar-refractivity contribution >= 4 is 17.6 Å². The number of carbonyl (C=O) groups is 2. The fourth-order valence-electron chi connectivity index (χ4n) is 2.17. The number of aromatic carboxylic acids is 1. The summed E-state index contributed by atoms with van der Waals surface area (Å²) in [4.78, 5) is 24.0. The van der Waals surface area contributed by atoms with Gasteiger partial charge in [-0.1, -0.05) is 0 Å². The number of carboxylic acid groups (broad SMARTS) is 1. The molecule has 0 bridgehead atoms. The average molecular weight is 287 g/mol. The zero-order valence-electron chi connectivity index (χ0n) is 10.4. The quantitative estimate of drug-likeness (QED) is 0.909. The Hall–Kier alpha value is -2.05. The first-order valence-corrected chi connectivity index (χ1v) is 6.05. The van der Waals surface area contributed by atoms with Crippen molar-refractivity contribution in [1.82, 2.24) is 0 Å². The van der Waals surface area contributed by atoms with Gasteiger partial charge in [0.2, 0.25) is 5.91 Å². The van der Waals surface area contributed by atoms with Gasteiger partial charge < -0.3 is 10.0 Å². The molecule has 0 spiro atoms. The third kappa shape index (κ3) is 2.76. The van der Waals surface area contributed by atoms with Crippen LogP contribution >= 0.6 is 0 Å². The van der Waals surface area contributed by atoms with E-state index in [0.717, 1.165) is 17.0 Å². The molecule has 1 N–H and O–H groups in total. The van der Waals surface area contributed by atoms with Crippen LogP contribution in [0.4, 0.5) is 18.9 Å². The fourth-order valence-corrected chi connectivity index (χ4v) is 2.17. The number of benzene rings is 1. The molecule has 108 valence electrons. The summed E-state index contributed by atoms with van der Waals surface area (Å²) in [6.07, 6.45) is -3.06. The summed E-state index contributed by atoms with van der Waals surface area (Å²) >= 11 is 0. The van der Waals surface area contributed by atoms with Crippen LogP contribution in [0.3, 0.4) is 0 Å². The molecule has 0 aromatic heterocycles. The Morgan fingerprint density at radius 1 is 1.25 bits per heavy atom. The number of rotatable bonds is 2. The molecule has 0 unspecified atom stereocenters. The summed E-state index contributed by atoms with van der Waals surface area (Å²) in [7, 11) is 0. The molecule has 20 heavy (non-hydrogen) atoms. The van der Waals surface area contributed by atoms with Crippen molar-refractivity contribution in [2.24, 2.45) is 0 Å². The predicted molar refractivity (Wildman–Crippen MR) is 64.6 cm³/mol. The molecule has 0 saturated carbocycles.